The first kappa shape index (κ1) is 21.3. The maximum atomic E-state index is 12.5. The van der Waals surface area contributed by atoms with E-state index in [9.17, 15) is 9.59 Å². The zero-order valence-electron chi connectivity index (χ0n) is 16.8. The van der Waals surface area contributed by atoms with Crippen molar-refractivity contribution in [2.24, 2.45) is 0 Å². The first-order valence-electron chi connectivity index (χ1n) is 9.22. The van der Waals surface area contributed by atoms with Gasteiger partial charge in [-0.3, -0.25) is 4.79 Å². The van der Waals surface area contributed by atoms with Crippen molar-refractivity contribution in [3.63, 3.8) is 0 Å². The minimum Gasteiger partial charge on any atom is -0.462 e. The number of carbonyl (C=O) groups is 2. The zero-order valence-corrected chi connectivity index (χ0v) is 16.8. The van der Waals surface area contributed by atoms with Gasteiger partial charge in [-0.25, -0.2) is 14.8 Å². The summed E-state index contributed by atoms with van der Waals surface area (Å²) >= 11 is 0. The van der Waals surface area contributed by atoms with Crippen molar-refractivity contribution in [2.45, 2.75) is 20.3 Å². The van der Waals surface area contributed by atoms with Crippen LogP contribution < -0.4 is 10.6 Å². The Morgan fingerprint density at radius 2 is 1.86 bits per heavy atom. The molecule has 2 N–H and O–H groups in total. The molecule has 0 saturated heterocycles. The highest BCUT2D eigenvalue weighted by molar-refractivity contribution is 6.03. The highest BCUT2D eigenvalue weighted by atomic mass is 16.5. The van der Waals surface area contributed by atoms with Crippen molar-refractivity contribution in [3.8, 4) is 0 Å². The van der Waals surface area contributed by atoms with E-state index in [1.54, 1.807) is 37.3 Å². The molecule has 28 heavy (non-hydrogen) atoms. The van der Waals surface area contributed by atoms with Crippen LogP contribution in [0, 0.1) is 6.92 Å². The Kier molecular flexibility index (Phi) is 7.88. The molecule has 2 aromatic rings. The third-order valence-corrected chi connectivity index (χ3v) is 3.81. The second kappa shape index (κ2) is 10.4. The average Bonchev–Trinajstić information content (AvgIpc) is 2.65. The quantitative estimate of drug-likeness (QED) is 0.506. The van der Waals surface area contributed by atoms with E-state index in [2.05, 4.69) is 25.5 Å². The number of nitrogens with zero attached hydrogens (tertiary/aromatic N) is 3. The van der Waals surface area contributed by atoms with Crippen LogP contribution in [0.4, 0.5) is 11.6 Å². The molecule has 0 saturated carbocycles. The monoisotopic (exact) mass is 385 g/mol. The van der Waals surface area contributed by atoms with Gasteiger partial charge >= 0.3 is 5.97 Å². The lowest BCUT2D eigenvalue weighted by atomic mass is 10.2. The number of aromatic nitrogens is 2. The fourth-order valence-electron chi connectivity index (χ4n) is 2.46. The lowest BCUT2D eigenvalue weighted by Crippen LogP contribution is -2.19. The maximum absolute atomic E-state index is 12.5. The Hall–Kier alpha value is -3.00. The molecule has 1 amide bonds. The summed E-state index contributed by atoms with van der Waals surface area (Å²) in [5.41, 5.74) is 1.97. The first-order chi connectivity index (χ1) is 13.4. The van der Waals surface area contributed by atoms with Crippen molar-refractivity contribution < 1.29 is 14.3 Å². The highest BCUT2D eigenvalue weighted by Gasteiger charge is 2.12. The fraction of sp³-hybridized carbons (Fsp3) is 0.400. The second-order valence-corrected chi connectivity index (χ2v) is 6.55. The summed E-state index contributed by atoms with van der Waals surface area (Å²) < 4.78 is 4.95. The molecule has 8 nitrogen and oxygen atoms in total. The largest absolute Gasteiger partial charge is 0.462 e. The number of rotatable bonds is 9. The summed E-state index contributed by atoms with van der Waals surface area (Å²) in [6.07, 6.45) is 0.943. The summed E-state index contributed by atoms with van der Waals surface area (Å²) in [5.74, 6) is -0.302. The van der Waals surface area contributed by atoms with Crippen LogP contribution in [0.1, 0.15) is 39.9 Å². The normalized spacial score (nSPS) is 10.6. The minimum atomic E-state index is -0.392. The van der Waals surface area contributed by atoms with Gasteiger partial charge in [0.1, 0.15) is 5.69 Å². The number of ether oxygens (including phenoxy) is 1. The number of amides is 1. The van der Waals surface area contributed by atoms with Crippen LogP contribution in [0.15, 0.2) is 30.3 Å². The zero-order chi connectivity index (χ0) is 20.5. The fourth-order valence-corrected chi connectivity index (χ4v) is 2.46. The topological polar surface area (TPSA) is 96.4 Å². The molecule has 1 aromatic heterocycles. The van der Waals surface area contributed by atoms with Gasteiger partial charge < -0.3 is 20.3 Å². The summed E-state index contributed by atoms with van der Waals surface area (Å²) in [7, 11) is 4.04. The minimum absolute atomic E-state index is 0.275. The summed E-state index contributed by atoms with van der Waals surface area (Å²) in [6, 6.07) is 8.15. The Balaban J connectivity index is 2.00. The smallest absolute Gasteiger partial charge is 0.338 e. The van der Waals surface area contributed by atoms with Gasteiger partial charge in [0.15, 0.2) is 0 Å². The van der Waals surface area contributed by atoms with Crippen molar-refractivity contribution >= 4 is 23.5 Å². The summed E-state index contributed by atoms with van der Waals surface area (Å²) in [5, 5.41) is 5.93. The van der Waals surface area contributed by atoms with E-state index in [0.717, 1.165) is 19.5 Å². The van der Waals surface area contributed by atoms with Crippen LogP contribution in [0.2, 0.25) is 0 Å². The van der Waals surface area contributed by atoms with Crippen molar-refractivity contribution in [1.82, 2.24) is 14.9 Å². The van der Waals surface area contributed by atoms with E-state index in [0.29, 0.717) is 29.5 Å². The Morgan fingerprint density at radius 1 is 1.14 bits per heavy atom. The standard InChI is InChI=1S/C20H27N5O3/c1-5-28-19(27)15-7-9-16(10-8-15)23-18(26)17-13-14(2)22-20(24-17)21-11-6-12-25(3)4/h7-10,13H,5-6,11-12H2,1-4H3,(H,23,26)(H,21,22,24). The van der Waals surface area contributed by atoms with Crippen LogP contribution in [-0.4, -0.2) is 60.5 Å². The van der Waals surface area contributed by atoms with E-state index in [-0.39, 0.29) is 11.6 Å². The molecule has 0 unspecified atom stereocenters. The predicted octanol–water partition coefficient (Wildman–Crippen LogP) is 2.58. The number of nitrogens with one attached hydrogen (secondary N) is 2. The van der Waals surface area contributed by atoms with E-state index >= 15 is 0 Å². The summed E-state index contributed by atoms with van der Waals surface area (Å²) in [6.45, 7) is 5.56. The molecule has 8 heteroatoms. The van der Waals surface area contributed by atoms with Gasteiger partial charge in [0.05, 0.1) is 12.2 Å². The van der Waals surface area contributed by atoms with Crippen LogP contribution in [0.3, 0.4) is 0 Å². The number of hydrogen-bond acceptors (Lipinski definition) is 7. The molecule has 0 aliphatic rings. The maximum Gasteiger partial charge on any atom is 0.338 e. The van der Waals surface area contributed by atoms with E-state index in [4.69, 9.17) is 4.74 Å². The van der Waals surface area contributed by atoms with Gasteiger partial charge in [-0.1, -0.05) is 0 Å². The van der Waals surface area contributed by atoms with Crippen LogP contribution >= 0.6 is 0 Å². The number of anilines is 2. The Bertz CT molecular complexity index is 806. The third kappa shape index (κ3) is 6.62. The van der Waals surface area contributed by atoms with Crippen molar-refractivity contribution in [1.29, 1.82) is 0 Å². The molecule has 150 valence electrons. The molecular formula is C20H27N5O3. The molecule has 2 rings (SSSR count). The van der Waals surface area contributed by atoms with Gasteiger partial charge in [0.2, 0.25) is 5.95 Å². The SMILES string of the molecule is CCOC(=O)c1ccc(NC(=O)c2cc(C)nc(NCCCN(C)C)n2)cc1. The van der Waals surface area contributed by atoms with Gasteiger partial charge in [-0.05, 0) is 71.2 Å². The molecule has 0 bridgehead atoms. The lowest BCUT2D eigenvalue weighted by molar-refractivity contribution is 0.0526. The van der Waals surface area contributed by atoms with E-state index in [1.165, 1.54) is 0 Å². The molecular weight excluding hydrogens is 358 g/mol. The molecule has 0 fully saturated rings. The van der Waals surface area contributed by atoms with Crippen molar-refractivity contribution in [3.05, 3.63) is 47.3 Å². The third-order valence-electron chi connectivity index (χ3n) is 3.81. The number of benzene rings is 1. The first-order valence-corrected chi connectivity index (χ1v) is 9.22. The van der Waals surface area contributed by atoms with Crippen molar-refractivity contribution in [2.75, 3.05) is 44.4 Å². The van der Waals surface area contributed by atoms with E-state index in [1.807, 2.05) is 21.0 Å². The van der Waals surface area contributed by atoms with Crippen LogP contribution in [0.25, 0.3) is 0 Å². The molecule has 0 aliphatic carbocycles. The van der Waals surface area contributed by atoms with Gasteiger partial charge in [0, 0.05) is 17.9 Å². The van der Waals surface area contributed by atoms with Gasteiger partial charge in [0.25, 0.3) is 5.91 Å². The van der Waals surface area contributed by atoms with E-state index < -0.39 is 5.97 Å². The molecule has 0 radical (unpaired) electrons. The molecule has 1 heterocycles. The van der Waals surface area contributed by atoms with Crippen LogP contribution in [-0.2, 0) is 4.74 Å². The van der Waals surface area contributed by atoms with Gasteiger partial charge in [-0.2, -0.15) is 0 Å². The average molecular weight is 385 g/mol. The summed E-state index contributed by atoms with van der Waals surface area (Å²) in [4.78, 5) is 34.9. The van der Waals surface area contributed by atoms with Gasteiger partial charge in [-0.15, -0.1) is 0 Å². The second-order valence-electron chi connectivity index (χ2n) is 6.55. The van der Waals surface area contributed by atoms with Crippen LogP contribution in [0.5, 0.6) is 0 Å². The molecule has 0 spiro atoms. The lowest BCUT2D eigenvalue weighted by Gasteiger charge is -2.11. The Labute approximate surface area is 165 Å². The number of hydrogen-bond donors (Lipinski definition) is 2. The predicted molar refractivity (Wildman–Crippen MR) is 109 cm³/mol. The number of carbonyl (C=O) groups excluding carboxylic acids is 2. The molecule has 0 aliphatic heterocycles. The highest BCUT2D eigenvalue weighted by Crippen LogP contribution is 2.13. The Morgan fingerprint density at radius 3 is 2.50 bits per heavy atom. The number of esters is 1. The molecule has 0 atom stereocenters. The molecule has 1 aromatic carbocycles. The number of aryl methyl sites for hydroxylation is 1.